The van der Waals surface area contributed by atoms with Gasteiger partial charge >= 0.3 is 3.98 Å². The summed E-state index contributed by atoms with van der Waals surface area (Å²) in [4.78, 5) is 0.178. The maximum Gasteiger partial charge on any atom is 0.338 e. The van der Waals surface area contributed by atoms with Crippen LogP contribution in [0.2, 0.25) is 0 Å². The molecule has 0 aliphatic heterocycles. The molecule has 7 heteroatoms. The zero-order chi connectivity index (χ0) is 12.3. The molecule has 0 unspecified atom stereocenters. The number of nitriles is 1. The maximum absolute atomic E-state index is 8.88. The average molecular weight is 296 g/mol. The maximum atomic E-state index is 8.88. The summed E-state index contributed by atoms with van der Waals surface area (Å²) < 4.78 is 3.03. The monoisotopic (exact) mass is 294 g/mol. The Balaban J connectivity index is 3.14. The van der Waals surface area contributed by atoms with Gasteiger partial charge in [0.1, 0.15) is 16.8 Å². The Bertz CT molecular complexity index is 465. The third-order valence-electron chi connectivity index (χ3n) is 1.61. The predicted octanol–water partition coefficient (Wildman–Crippen LogP) is 2.90. The summed E-state index contributed by atoms with van der Waals surface area (Å²) in [6.45, 7) is 0. The van der Waals surface area contributed by atoms with E-state index in [1.54, 1.807) is 6.07 Å². The van der Waals surface area contributed by atoms with E-state index < -0.39 is 3.98 Å². The number of rotatable bonds is 2. The highest BCUT2D eigenvalue weighted by Crippen LogP contribution is 2.32. The number of halogens is 3. The van der Waals surface area contributed by atoms with E-state index in [-0.39, 0.29) is 16.3 Å². The van der Waals surface area contributed by atoms with Gasteiger partial charge in [0, 0.05) is 5.56 Å². The Labute approximate surface area is 113 Å². The third kappa shape index (κ3) is 3.69. The summed E-state index contributed by atoms with van der Waals surface area (Å²) in [6.07, 6.45) is 0. The molecule has 2 N–H and O–H groups in total. The number of benzene rings is 1. The van der Waals surface area contributed by atoms with Crippen molar-refractivity contribution in [2.75, 3.05) is 0 Å². The minimum absolute atomic E-state index is 0.155. The van der Waals surface area contributed by atoms with Gasteiger partial charge in [-0.25, -0.2) is 0 Å². The molecule has 0 spiro atoms. The van der Waals surface area contributed by atoms with Crippen LogP contribution in [-0.2, 0) is 0 Å². The topological polar surface area (TPSA) is 59.0 Å². The number of alkyl halides is 3. The molecule has 1 rings (SSSR count). The molecule has 0 aliphatic rings. The second kappa shape index (κ2) is 5.07. The summed E-state index contributed by atoms with van der Waals surface area (Å²) in [7, 11) is 0. The van der Waals surface area contributed by atoms with E-state index in [9.17, 15) is 0 Å². The van der Waals surface area contributed by atoms with Crippen LogP contribution in [0.1, 0.15) is 11.1 Å². The van der Waals surface area contributed by atoms with Gasteiger partial charge in [-0.3, -0.25) is 0 Å². The molecule has 0 amide bonds. The number of ether oxygens (including phenoxy) is 1. The second-order valence-electron chi connectivity index (χ2n) is 2.73. The van der Waals surface area contributed by atoms with Gasteiger partial charge in [0.15, 0.2) is 0 Å². The lowest BCUT2D eigenvalue weighted by Crippen LogP contribution is -2.14. The fourth-order valence-corrected chi connectivity index (χ4v) is 1.36. The quantitative estimate of drug-likeness (QED) is 0.673. The van der Waals surface area contributed by atoms with Gasteiger partial charge in [-0.15, -0.1) is 0 Å². The summed E-state index contributed by atoms with van der Waals surface area (Å²) in [5, 5.41) is 8.88. The van der Waals surface area contributed by atoms with Crippen LogP contribution in [0.5, 0.6) is 5.75 Å². The Kier molecular flexibility index (Phi) is 4.22. The molecule has 0 saturated carbocycles. The smallest absolute Gasteiger partial charge is 0.338 e. The normalized spacial score (nSPS) is 10.6. The number of hydrogen-bond donors (Lipinski definition) is 1. The van der Waals surface area contributed by atoms with Crippen LogP contribution in [0.25, 0.3) is 0 Å². The van der Waals surface area contributed by atoms with Gasteiger partial charge < -0.3 is 10.5 Å². The van der Waals surface area contributed by atoms with Crippen LogP contribution in [-0.4, -0.2) is 8.97 Å². The van der Waals surface area contributed by atoms with E-state index >= 15 is 0 Å². The van der Waals surface area contributed by atoms with Crippen LogP contribution in [0.15, 0.2) is 18.2 Å². The van der Waals surface area contributed by atoms with Gasteiger partial charge in [0.25, 0.3) is 0 Å². The van der Waals surface area contributed by atoms with Crippen molar-refractivity contribution in [1.29, 1.82) is 5.26 Å². The first-order valence-corrected chi connectivity index (χ1v) is 5.47. The summed E-state index contributed by atoms with van der Waals surface area (Å²) in [5.41, 5.74) is 6.15. The third-order valence-corrected chi connectivity index (χ3v) is 2.08. The van der Waals surface area contributed by atoms with Gasteiger partial charge in [-0.2, -0.15) is 5.26 Å². The van der Waals surface area contributed by atoms with Crippen molar-refractivity contribution in [3.63, 3.8) is 0 Å². The molecule has 0 bridgehead atoms. The van der Waals surface area contributed by atoms with Crippen molar-refractivity contribution >= 4 is 52.0 Å². The zero-order valence-electron chi connectivity index (χ0n) is 7.71. The zero-order valence-corrected chi connectivity index (χ0v) is 10.8. The number of nitrogens with zero attached hydrogens (tertiary/aromatic N) is 1. The van der Waals surface area contributed by atoms with E-state index in [4.69, 9.17) is 62.8 Å². The molecule has 0 radical (unpaired) electrons. The van der Waals surface area contributed by atoms with Crippen molar-refractivity contribution in [1.82, 2.24) is 0 Å². The van der Waals surface area contributed by atoms with E-state index in [0.717, 1.165) is 0 Å². The van der Waals surface area contributed by atoms with E-state index in [1.807, 2.05) is 6.07 Å². The van der Waals surface area contributed by atoms with Crippen LogP contribution in [0.4, 0.5) is 0 Å². The lowest BCUT2D eigenvalue weighted by molar-refractivity contribution is 0.319. The van der Waals surface area contributed by atoms with E-state index in [2.05, 4.69) is 0 Å². The minimum atomic E-state index is -1.92. The Hall–Kier alpha value is -0.730. The standard InChI is InChI=1S/C9H5Cl3N2OS/c10-9(11,12)15-7-2-1-5(8(14)16)3-6(7)4-13/h1-3H,(H2,14,16). The first-order valence-electron chi connectivity index (χ1n) is 3.93. The molecule has 0 saturated heterocycles. The summed E-state index contributed by atoms with van der Waals surface area (Å²) >= 11 is 21.1. The first-order chi connectivity index (χ1) is 7.33. The number of thiocarbonyl (C=S) groups is 1. The minimum Gasteiger partial charge on any atom is -0.444 e. The SMILES string of the molecule is N#Cc1cc(C(N)=S)ccc1OC(Cl)(Cl)Cl. The molecule has 0 aliphatic carbocycles. The molecule has 3 nitrogen and oxygen atoms in total. The second-order valence-corrected chi connectivity index (χ2v) is 5.35. The van der Waals surface area contributed by atoms with Crippen LogP contribution >= 0.6 is 47.0 Å². The van der Waals surface area contributed by atoms with Crippen molar-refractivity contribution in [3.8, 4) is 11.8 Å². The fourth-order valence-electron chi connectivity index (χ4n) is 0.984. The largest absolute Gasteiger partial charge is 0.444 e. The predicted molar refractivity (Wildman–Crippen MR) is 68.0 cm³/mol. The molecule has 0 heterocycles. The van der Waals surface area contributed by atoms with E-state index in [1.165, 1.54) is 12.1 Å². The van der Waals surface area contributed by atoms with Gasteiger partial charge in [-0.1, -0.05) is 12.2 Å². The Morgan fingerprint density at radius 3 is 2.50 bits per heavy atom. The first kappa shape index (κ1) is 13.3. The highest BCUT2D eigenvalue weighted by atomic mass is 35.6. The van der Waals surface area contributed by atoms with Crippen molar-refractivity contribution in [2.45, 2.75) is 3.98 Å². The summed E-state index contributed by atoms with van der Waals surface area (Å²) in [5.74, 6) is 0.155. The van der Waals surface area contributed by atoms with Gasteiger partial charge in [0.2, 0.25) is 0 Å². The lowest BCUT2D eigenvalue weighted by atomic mass is 10.1. The molecule has 0 aromatic heterocycles. The van der Waals surface area contributed by atoms with Gasteiger partial charge in [-0.05, 0) is 53.0 Å². The Morgan fingerprint density at radius 2 is 2.06 bits per heavy atom. The van der Waals surface area contributed by atoms with Crippen molar-refractivity contribution < 1.29 is 4.74 Å². The highest BCUT2D eigenvalue weighted by Gasteiger charge is 2.23. The molecule has 1 aromatic rings. The van der Waals surface area contributed by atoms with Gasteiger partial charge in [0.05, 0.1) is 5.56 Å². The van der Waals surface area contributed by atoms with Crippen molar-refractivity contribution in [3.05, 3.63) is 29.3 Å². The highest BCUT2D eigenvalue weighted by molar-refractivity contribution is 7.80. The molecule has 0 atom stereocenters. The number of nitrogens with two attached hydrogens (primary N) is 1. The molecule has 0 fully saturated rings. The Morgan fingerprint density at radius 1 is 1.44 bits per heavy atom. The van der Waals surface area contributed by atoms with Crippen LogP contribution < -0.4 is 10.5 Å². The number of hydrogen-bond acceptors (Lipinski definition) is 3. The molecular weight excluding hydrogens is 291 g/mol. The molecule has 16 heavy (non-hydrogen) atoms. The fraction of sp³-hybridized carbons (Fsp3) is 0.111. The van der Waals surface area contributed by atoms with E-state index in [0.29, 0.717) is 5.56 Å². The lowest BCUT2D eigenvalue weighted by Gasteiger charge is -2.15. The summed E-state index contributed by atoms with van der Waals surface area (Å²) in [6, 6.07) is 6.41. The molecule has 84 valence electrons. The molecule has 1 aromatic carbocycles. The van der Waals surface area contributed by atoms with Crippen LogP contribution in [0.3, 0.4) is 0 Å². The average Bonchev–Trinajstić information content (AvgIpc) is 2.15. The molecular formula is C9H5Cl3N2OS. The van der Waals surface area contributed by atoms with Crippen molar-refractivity contribution in [2.24, 2.45) is 5.73 Å². The van der Waals surface area contributed by atoms with Crippen LogP contribution in [0, 0.1) is 11.3 Å².